The van der Waals surface area contributed by atoms with E-state index < -0.39 is 17.3 Å². The van der Waals surface area contributed by atoms with Gasteiger partial charge >= 0.3 is 5.97 Å². The van der Waals surface area contributed by atoms with Crippen LogP contribution < -0.4 is 5.73 Å². The number of aliphatic hydroxyl groups is 1. The zero-order valence-electron chi connectivity index (χ0n) is 11.6. The second kappa shape index (κ2) is 7.15. The van der Waals surface area contributed by atoms with Crippen molar-refractivity contribution in [2.24, 2.45) is 0 Å². The van der Waals surface area contributed by atoms with Crippen LogP contribution >= 0.6 is 11.8 Å². The number of anilines is 1. The highest BCUT2D eigenvalue weighted by atomic mass is 32.2. The zero-order valence-corrected chi connectivity index (χ0v) is 12.4. The molecule has 0 heterocycles. The number of hydrogen-bond donors (Lipinski definition) is 2. The standard InChI is InChI=1S/C16H17NO3S/c1-20-16(19)14(18)15(11-7-3-2-4-8-11)21-13-10-6-5-9-12(13)17/h2-10,14-15,18H,17H2,1H3/t14-,15-/m0/s1. The molecule has 0 amide bonds. The second-order valence-corrected chi connectivity index (χ2v) is 5.64. The first-order valence-corrected chi connectivity index (χ1v) is 7.33. The van der Waals surface area contributed by atoms with Gasteiger partial charge in [0.2, 0.25) is 0 Å². The van der Waals surface area contributed by atoms with Crippen LogP contribution in [-0.4, -0.2) is 24.3 Å². The molecule has 110 valence electrons. The van der Waals surface area contributed by atoms with Gasteiger partial charge in [0.1, 0.15) is 0 Å². The third-order valence-corrected chi connectivity index (χ3v) is 4.44. The lowest BCUT2D eigenvalue weighted by atomic mass is 10.1. The largest absolute Gasteiger partial charge is 0.467 e. The molecule has 5 heteroatoms. The highest BCUT2D eigenvalue weighted by Gasteiger charge is 2.29. The summed E-state index contributed by atoms with van der Waals surface area (Å²) in [5.41, 5.74) is 7.39. The Balaban J connectivity index is 2.33. The van der Waals surface area contributed by atoms with Crippen molar-refractivity contribution in [3.05, 3.63) is 60.2 Å². The first kappa shape index (κ1) is 15.4. The quantitative estimate of drug-likeness (QED) is 0.505. The number of nitrogens with two attached hydrogens (primary N) is 1. The van der Waals surface area contributed by atoms with Crippen molar-refractivity contribution in [1.82, 2.24) is 0 Å². The average molecular weight is 303 g/mol. The molecule has 0 radical (unpaired) electrons. The first-order chi connectivity index (χ1) is 10.1. The molecule has 2 atom stereocenters. The molecule has 4 nitrogen and oxygen atoms in total. The van der Waals surface area contributed by atoms with Crippen molar-refractivity contribution >= 4 is 23.4 Å². The Hall–Kier alpha value is -1.98. The van der Waals surface area contributed by atoms with Gasteiger partial charge in [0.05, 0.1) is 12.4 Å². The highest BCUT2D eigenvalue weighted by Crippen LogP contribution is 2.40. The van der Waals surface area contributed by atoms with E-state index >= 15 is 0 Å². The lowest BCUT2D eigenvalue weighted by Gasteiger charge is -2.21. The summed E-state index contributed by atoms with van der Waals surface area (Å²) in [6.07, 6.45) is -1.26. The van der Waals surface area contributed by atoms with E-state index in [0.717, 1.165) is 10.5 Å². The Morgan fingerprint density at radius 1 is 1.14 bits per heavy atom. The minimum Gasteiger partial charge on any atom is -0.467 e. The first-order valence-electron chi connectivity index (χ1n) is 6.45. The number of para-hydroxylation sites is 1. The number of benzene rings is 2. The number of esters is 1. The van der Waals surface area contributed by atoms with Crippen LogP contribution in [0.5, 0.6) is 0 Å². The molecule has 0 aliphatic heterocycles. The van der Waals surface area contributed by atoms with Crippen LogP contribution in [0.1, 0.15) is 10.8 Å². The Bertz CT molecular complexity index is 603. The van der Waals surface area contributed by atoms with Gasteiger partial charge in [-0.3, -0.25) is 0 Å². The predicted octanol–water partition coefficient (Wildman–Crippen LogP) is 2.64. The zero-order chi connectivity index (χ0) is 15.2. The number of methoxy groups -OCH3 is 1. The van der Waals surface area contributed by atoms with Gasteiger partial charge in [-0.05, 0) is 17.7 Å². The summed E-state index contributed by atoms with van der Waals surface area (Å²) in [7, 11) is 1.26. The van der Waals surface area contributed by atoms with Crippen molar-refractivity contribution in [3.8, 4) is 0 Å². The molecule has 2 rings (SSSR count). The Labute approximate surface area is 127 Å². The molecule has 21 heavy (non-hydrogen) atoms. The molecule has 0 fully saturated rings. The molecule has 0 unspecified atom stereocenters. The number of thioether (sulfide) groups is 1. The maximum atomic E-state index is 11.7. The van der Waals surface area contributed by atoms with Crippen molar-refractivity contribution < 1.29 is 14.6 Å². The Morgan fingerprint density at radius 3 is 2.38 bits per heavy atom. The van der Waals surface area contributed by atoms with Crippen LogP contribution in [0.2, 0.25) is 0 Å². The van der Waals surface area contributed by atoms with Crippen molar-refractivity contribution in [2.45, 2.75) is 16.2 Å². The third-order valence-electron chi connectivity index (χ3n) is 3.03. The minimum atomic E-state index is -1.26. The maximum absolute atomic E-state index is 11.7. The van der Waals surface area contributed by atoms with E-state index in [1.165, 1.54) is 18.9 Å². The molecule has 3 N–H and O–H groups in total. The minimum absolute atomic E-state index is 0.483. The van der Waals surface area contributed by atoms with Gasteiger partial charge in [0, 0.05) is 10.6 Å². The normalized spacial score (nSPS) is 13.4. The second-order valence-electron chi connectivity index (χ2n) is 4.45. The average Bonchev–Trinajstić information content (AvgIpc) is 2.53. The maximum Gasteiger partial charge on any atom is 0.336 e. The summed E-state index contributed by atoms with van der Waals surface area (Å²) in [6.45, 7) is 0. The van der Waals surface area contributed by atoms with E-state index in [0.29, 0.717) is 5.69 Å². The summed E-state index contributed by atoms with van der Waals surface area (Å²) >= 11 is 1.34. The number of ether oxygens (including phenoxy) is 1. The van der Waals surface area contributed by atoms with E-state index in [-0.39, 0.29) is 0 Å². The molecular formula is C16H17NO3S. The number of aliphatic hydroxyl groups excluding tert-OH is 1. The molecule has 0 aliphatic rings. The monoisotopic (exact) mass is 303 g/mol. The molecule has 2 aromatic carbocycles. The Morgan fingerprint density at radius 2 is 1.76 bits per heavy atom. The van der Waals surface area contributed by atoms with Crippen LogP contribution in [0.3, 0.4) is 0 Å². The van der Waals surface area contributed by atoms with Crippen LogP contribution in [0, 0.1) is 0 Å². The van der Waals surface area contributed by atoms with Gasteiger partial charge in [0.25, 0.3) is 0 Å². The number of nitrogen functional groups attached to an aromatic ring is 1. The van der Waals surface area contributed by atoms with Gasteiger partial charge < -0.3 is 15.6 Å². The number of carbonyl (C=O) groups is 1. The van der Waals surface area contributed by atoms with Crippen LogP contribution in [0.15, 0.2) is 59.5 Å². The van der Waals surface area contributed by atoms with Crippen molar-refractivity contribution in [1.29, 1.82) is 0 Å². The lowest BCUT2D eigenvalue weighted by molar-refractivity contribution is -0.150. The van der Waals surface area contributed by atoms with Gasteiger partial charge in [0.15, 0.2) is 6.10 Å². The molecule has 0 aliphatic carbocycles. The van der Waals surface area contributed by atoms with Crippen LogP contribution in [0.25, 0.3) is 0 Å². The molecule has 0 aromatic heterocycles. The molecule has 0 saturated heterocycles. The van der Waals surface area contributed by atoms with Gasteiger partial charge in [-0.1, -0.05) is 42.5 Å². The summed E-state index contributed by atoms with van der Waals surface area (Å²) in [5, 5.41) is 9.76. The van der Waals surface area contributed by atoms with Gasteiger partial charge in [-0.15, -0.1) is 11.8 Å². The van der Waals surface area contributed by atoms with E-state index in [2.05, 4.69) is 4.74 Å². The molecular weight excluding hydrogens is 286 g/mol. The predicted molar refractivity (Wildman–Crippen MR) is 83.9 cm³/mol. The molecule has 2 aromatic rings. The summed E-state index contributed by atoms with van der Waals surface area (Å²) < 4.78 is 4.65. The van der Waals surface area contributed by atoms with E-state index in [1.54, 1.807) is 6.07 Å². The van der Waals surface area contributed by atoms with Gasteiger partial charge in [-0.25, -0.2) is 4.79 Å². The van der Waals surface area contributed by atoms with Crippen molar-refractivity contribution in [3.63, 3.8) is 0 Å². The molecule has 0 bridgehead atoms. The van der Waals surface area contributed by atoms with Crippen molar-refractivity contribution in [2.75, 3.05) is 12.8 Å². The third kappa shape index (κ3) is 3.77. The smallest absolute Gasteiger partial charge is 0.336 e. The molecule has 0 saturated carbocycles. The van der Waals surface area contributed by atoms with Crippen LogP contribution in [0.4, 0.5) is 5.69 Å². The number of carbonyl (C=O) groups excluding carboxylic acids is 1. The SMILES string of the molecule is COC(=O)[C@@H](O)[C@@H](Sc1ccccc1N)c1ccccc1. The van der Waals surface area contributed by atoms with E-state index in [9.17, 15) is 9.90 Å². The fraction of sp³-hybridized carbons (Fsp3) is 0.188. The topological polar surface area (TPSA) is 72.5 Å². The molecule has 0 spiro atoms. The fourth-order valence-corrected chi connectivity index (χ4v) is 3.09. The number of rotatable bonds is 5. The summed E-state index contributed by atoms with van der Waals surface area (Å²) in [4.78, 5) is 12.5. The Kier molecular flexibility index (Phi) is 5.25. The number of hydrogen-bond acceptors (Lipinski definition) is 5. The highest BCUT2D eigenvalue weighted by molar-refractivity contribution is 7.99. The summed E-state index contributed by atoms with van der Waals surface area (Å²) in [5.74, 6) is -0.661. The summed E-state index contributed by atoms with van der Waals surface area (Å²) in [6, 6.07) is 16.7. The van der Waals surface area contributed by atoms with E-state index in [1.807, 2.05) is 48.5 Å². The van der Waals surface area contributed by atoms with Crippen LogP contribution in [-0.2, 0) is 9.53 Å². The lowest BCUT2D eigenvalue weighted by Crippen LogP contribution is -2.27. The van der Waals surface area contributed by atoms with Gasteiger partial charge in [-0.2, -0.15) is 0 Å². The van der Waals surface area contributed by atoms with E-state index in [4.69, 9.17) is 5.73 Å². The fourth-order valence-electron chi connectivity index (χ4n) is 1.93.